The number of nitrogens with zero attached hydrogens (tertiary/aromatic N) is 1. The number of likely N-dealkylation sites (tertiary alicyclic amines) is 1. The van der Waals surface area contributed by atoms with Crippen LogP contribution in [0, 0.1) is 0 Å². The Balaban J connectivity index is 2.14. The third-order valence-electron chi connectivity index (χ3n) is 3.59. The molecular formula is C13H19ClN2. The number of rotatable bonds is 4. The van der Waals surface area contributed by atoms with Crippen molar-refractivity contribution in [2.75, 3.05) is 19.6 Å². The lowest BCUT2D eigenvalue weighted by Gasteiger charge is -2.46. The molecule has 0 bridgehead atoms. The normalized spacial score (nSPS) is 20.2. The molecule has 1 unspecified atom stereocenters. The van der Waals surface area contributed by atoms with Gasteiger partial charge in [0.05, 0.1) is 0 Å². The van der Waals surface area contributed by atoms with Crippen LogP contribution < -0.4 is 5.73 Å². The first kappa shape index (κ1) is 11.9. The fourth-order valence-corrected chi connectivity index (χ4v) is 2.42. The first-order valence-electron chi connectivity index (χ1n) is 5.84. The fourth-order valence-electron chi connectivity index (χ4n) is 2.22. The van der Waals surface area contributed by atoms with E-state index in [2.05, 4.69) is 17.9 Å². The number of hydrogen-bond donors (Lipinski definition) is 1. The second kappa shape index (κ2) is 4.74. The molecule has 0 amide bonds. The Labute approximate surface area is 102 Å². The van der Waals surface area contributed by atoms with Crippen LogP contribution in [0.4, 0.5) is 0 Å². The number of nitrogens with two attached hydrogens (primary N) is 1. The number of halogens is 1. The van der Waals surface area contributed by atoms with Gasteiger partial charge in [-0.3, -0.25) is 4.90 Å². The molecule has 3 heteroatoms. The molecule has 0 radical (unpaired) electrons. The molecule has 2 nitrogen and oxygen atoms in total. The summed E-state index contributed by atoms with van der Waals surface area (Å²) in [5.74, 6) is 0. The van der Waals surface area contributed by atoms with E-state index < -0.39 is 0 Å². The van der Waals surface area contributed by atoms with Crippen LogP contribution in [0.1, 0.15) is 18.9 Å². The zero-order chi connectivity index (χ0) is 11.6. The van der Waals surface area contributed by atoms with Crippen molar-refractivity contribution < 1.29 is 0 Å². The lowest BCUT2D eigenvalue weighted by molar-refractivity contribution is 0.0481. The SMILES string of the molecule is CC(CN)(Cc1ccccc1Cl)N1CCC1. The van der Waals surface area contributed by atoms with Crippen molar-refractivity contribution in [2.45, 2.75) is 25.3 Å². The van der Waals surface area contributed by atoms with Crippen LogP contribution in [0.15, 0.2) is 24.3 Å². The molecule has 1 aromatic carbocycles. The fraction of sp³-hybridized carbons (Fsp3) is 0.538. The van der Waals surface area contributed by atoms with E-state index in [4.69, 9.17) is 17.3 Å². The van der Waals surface area contributed by atoms with Gasteiger partial charge in [0, 0.05) is 17.1 Å². The van der Waals surface area contributed by atoms with Crippen LogP contribution in [0.2, 0.25) is 5.02 Å². The van der Waals surface area contributed by atoms with Crippen molar-refractivity contribution >= 4 is 11.6 Å². The van der Waals surface area contributed by atoms with E-state index in [1.165, 1.54) is 12.0 Å². The van der Waals surface area contributed by atoms with Gasteiger partial charge in [-0.15, -0.1) is 0 Å². The van der Waals surface area contributed by atoms with E-state index in [1.54, 1.807) is 0 Å². The quantitative estimate of drug-likeness (QED) is 0.872. The minimum absolute atomic E-state index is 0.0588. The summed E-state index contributed by atoms with van der Waals surface area (Å²) in [5, 5.41) is 0.850. The van der Waals surface area contributed by atoms with Gasteiger partial charge in [0.15, 0.2) is 0 Å². The largest absolute Gasteiger partial charge is 0.329 e. The van der Waals surface area contributed by atoms with Crippen molar-refractivity contribution in [1.82, 2.24) is 4.90 Å². The molecule has 16 heavy (non-hydrogen) atoms. The van der Waals surface area contributed by atoms with E-state index >= 15 is 0 Å². The topological polar surface area (TPSA) is 29.3 Å². The summed E-state index contributed by atoms with van der Waals surface area (Å²) in [7, 11) is 0. The van der Waals surface area contributed by atoms with Crippen molar-refractivity contribution in [3.05, 3.63) is 34.9 Å². The summed E-state index contributed by atoms with van der Waals surface area (Å²) in [4.78, 5) is 2.45. The smallest absolute Gasteiger partial charge is 0.0438 e. The van der Waals surface area contributed by atoms with Crippen LogP contribution in [0.3, 0.4) is 0 Å². The van der Waals surface area contributed by atoms with Crippen molar-refractivity contribution in [2.24, 2.45) is 5.73 Å². The third kappa shape index (κ3) is 2.24. The molecule has 1 heterocycles. The van der Waals surface area contributed by atoms with Crippen molar-refractivity contribution in [1.29, 1.82) is 0 Å². The van der Waals surface area contributed by atoms with Gasteiger partial charge in [-0.2, -0.15) is 0 Å². The Bertz CT molecular complexity index is 363. The van der Waals surface area contributed by atoms with Crippen LogP contribution >= 0.6 is 11.6 Å². The average molecular weight is 239 g/mol. The Hall–Kier alpha value is -0.570. The number of benzene rings is 1. The van der Waals surface area contributed by atoms with Gasteiger partial charge in [-0.25, -0.2) is 0 Å². The van der Waals surface area contributed by atoms with E-state index in [0.717, 1.165) is 24.5 Å². The predicted octanol–water partition coefficient (Wildman–Crippen LogP) is 2.31. The maximum atomic E-state index is 6.19. The van der Waals surface area contributed by atoms with Gasteiger partial charge >= 0.3 is 0 Å². The molecule has 2 rings (SSSR count). The predicted molar refractivity (Wildman–Crippen MR) is 68.8 cm³/mol. The maximum Gasteiger partial charge on any atom is 0.0438 e. The van der Waals surface area contributed by atoms with E-state index in [0.29, 0.717) is 6.54 Å². The zero-order valence-electron chi connectivity index (χ0n) is 9.75. The summed E-state index contributed by atoms with van der Waals surface area (Å²) in [5.41, 5.74) is 7.19. The minimum atomic E-state index is 0.0588. The Morgan fingerprint density at radius 1 is 1.38 bits per heavy atom. The summed E-state index contributed by atoms with van der Waals surface area (Å²) in [6.45, 7) is 5.24. The second-order valence-corrected chi connectivity index (χ2v) is 5.22. The van der Waals surface area contributed by atoms with Crippen LogP contribution in [0.25, 0.3) is 0 Å². The van der Waals surface area contributed by atoms with E-state index in [1.807, 2.05) is 18.2 Å². The van der Waals surface area contributed by atoms with Gasteiger partial charge in [0.25, 0.3) is 0 Å². The summed E-state index contributed by atoms with van der Waals surface area (Å²) in [6, 6.07) is 8.05. The molecule has 0 aliphatic carbocycles. The van der Waals surface area contributed by atoms with Gasteiger partial charge < -0.3 is 5.73 Å². The van der Waals surface area contributed by atoms with Crippen LogP contribution in [0.5, 0.6) is 0 Å². The molecule has 1 aliphatic heterocycles. The van der Waals surface area contributed by atoms with Crippen molar-refractivity contribution in [3.63, 3.8) is 0 Å². The van der Waals surface area contributed by atoms with Crippen LogP contribution in [-0.4, -0.2) is 30.1 Å². The Morgan fingerprint density at radius 2 is 2.06 bits per heavy atom. The molecule has 1 aromatic rings. The summed E-state index contributed by atoms with van der Waals surface area (Å²) in [6.07, 6.45) is 2.22. The highest BCUT2D eigenvalue weighted by Crippen LogP contribution is 2.27. The average Bonchev–Trinajstić information content (AvgIpc) is 2.19. The second-order valence-electron chi connectivity index (χ2n) is 4.81. The Kier molecular flexibility index (Phi) is 3.53. The standard InChI is InChI=1S/C13H19ClN2/c1-13(10-15,16-7-4-8-16)9-11-5-2-3-6-12(11)14/h2-3,5-6H,4,7-10,15H2,1H3. The van der Waals surface area contributed by atoms with Gasteiger partial charge in [-0.1, -0.05) is 29.8 Å². The van der Waals surface area contributed by atoms with Crippen LogP contribution in [-0.2, 0) is 6.42 Å². The molecule has 0 spiro atoms. The van der Waals surface area contributed by atoms with Gasteiger partial charge in [-0.05, 0) is 44.5 Å². The number of hydrogen-bond acceptors (Lipinski definition) is 2. The first-order chi connectivity index (χ1) is 7.65. The first-order valence-corrected chi connectivity index (χ1v) is 6.22. The van der Waals surface area contributed by atoms with Gasteiger partial charge in [0.1, 0.15) is 0 Å². The summed E-state index contributed by atoms with van der Waals surface area (Å²) < 4.78 is 0. The summed E-state index contributed by atoms with van der Waals surface area (Å²) >= 11 is 6.19. The van der Waals surface area contributed by atoms with E-state index in [9.17, 15) is 0 Å². The molecule has 88 valence electrons. The minimum Gasteiger partial charge on any atom is -0.329 e. The molecular weight excluding hydrogens is 220 g/mol. The highest BCUT2D eigenvalue weighted by atomic mass is 35.5. The molecule has 1 atom stereocenters. The molecule has 1 fully saturated rings. The van der Waals surface area contributed by atoms with Crippen molar-refractivity contribution in [3.8, 4) is 0 Å². The molecule has 0 saturated carbocycles. The monoisotopic (exact) mass is 238 g/mol. The Morgan fingerprint density at radius 3 is 2.56 bits per heavy atom. The highest BCUT2D eigenvalue weighted by molar-refractivity contribution is 6.31. The highest BCUT2D eigenvalue weighted by Gasteiger charge is 2.34. The lowest BCUT2D eigenvalue weighted by Crippen LogP contribution is -2.58. The zero-order valence-corrected chi connectivity index (χ0v) is 10.5. The van der Waals surface area contributed by atoms with E-state index in [-0.39, 0.29) is 5.54 Å². The maximum absolute atomic E-state index is 6.19. The molecule has 0 aromatic heterocycles. The molecule has 1 saturated heterocycles. The van der Waals surface area contributed by atoms with Gasteiger partial charge in [0.2, 0.25) is 0 Å². The third-order valence-corrected chi connectivity index (χ3v) is 3.96. The molecule has 1 aliphatic rings. The lowest BCUT2D eigenvalue weighted by atomic mass is 9.88. The molecule has 2 N–H and O–H groups in total.